The van der Waals surface area contributed by atoms with Crippen molar-refractivity contribution in [2.75, 3.05) is 24.6 Å². The van der Waals surface area contributed by atoms with E-state index in [-0.39, 0.29) is 19.0 Å². The highest BCUT2D eigenvalue weighted by molar-refractivity contribution is 5.93. The standard InChI is InChI=1S/C14H20N2O3/c1-3-19-12-4-5-13-11(6-12)7-14(18,8-15)9-16(13)10(2)17/h4-6,18H,3,7-9,15H2,1-2H3. The highest BCUT2D eigenvalue weighted by atomic mass is 16.5. The highest BCUT2D eigenvalue weighted by Crippen LogP contribution is 2.34. The number of aliphatic hydroxyl groups is 1. The Kier molecular flexibility index (Phi) is 3.78. The fraction of sp³-hybridized carbons (Fsp3) is 0.500. The minimum atomic E-state index is -1.07. The van der Waals surface area contributed by atoms with Crippen molar-refractivity contribution >= 4 is 11.6 Å². The first-order valence-corrected chi connectivity index (χ1v) is 6.45. The normalized spacial score (nSPS) is 22.0. The molecule has 1 amide bonds. The average Bonchev–Trinajstić information content (AvgIpc) is 2.37. The van der Waals surface area contributed by atoms with Gasteiger partial charge in [0, 0.05) is 25.6 Å². The molecule has 0 bridgehead atoms. The first kappa shape index (κ1) is 13.8. The lowest BCUT2D eigenvalue weighted by molar-refractivity contribution is -0.117. The first-order valence-electron chi connectivity index (χ1n) is 6.45. The van der Waals surface area contributed by atoms with Gasteiger partial charge in [-0.3, -0.25) is 4.79 Å². The van der Waals surface area contributed by atoms with Gasteiger partial charge < -0.3 is 20.5 Å². The monoisotopic (exact) mass is 264 g/mol. The second kappa shape index (κ2) is 5.19. The van der Waals surface area contributed by atoms with Crippen LogP contribution in [0.5, 0.6) is 5.75 Å². The second-order valence-corrected chi connectivity index (χ2v) is 4.93. The molecule has 0 fully saturated rings. The molecule has 104 valence electrons. The third-order valence-electron chi connectivity index (χ3n) is 3.38. The quantitative estimate of drug-likeness (QED) is 0.842. The molecule has 0 saturated carbocycles. The van der Waals surface area contributed by atoms with Gasteiger partial charge in [-0.05, 0) is 30.7 Å². The number of benzene rings is 1. The number of ether oxygens (including phenoxy) is 1. The van der Waals surface area contributed by atoms with Crippen molar-refractivity contribution in [1.29, 1.82) is 0 Å². The van der Waals surface area contributed by atoms with Crippen molar-refractivity contribution in [2.24, 2.45) is 5.73 Å². The molecule has 2 rings (SSSR count). The van der Waals surface area contributed by atoms with Crippen LogP contribution in [-0.4, -0.2) is 36.3 Å². The minimum Gasteiger partial charge on any atom is -0.494 e. The number of rotatable bonds is 3. The third-order valence-corrected chi connectivity index (χ3v) is 3.38. The Hall–Kier alpha value is -1.59. The molecule has 0 aliphatic carbocycles. The van der Waals surface area contributed by atoms with Crippen LogP contribution in [0, 0.1) is 0 Å². The Balaban J connectivity index is 2.42. The number of carbonyl (C=O) groups excluding carboxylic acids is 1. The smallest absolute Gasteiger partial charge is 0.223 e. The number of fused-ring (bicyclic) bond motifs is 1. The van der Waals surface area contributed by atoms with Gasteiger partial charge in [-0.25, -0.2) is 0 Å². The van der Waals surface area contributed by atoms with Gasteiger partial charge in [0.25, 0.3) is 0 Å². The summed E-state index contributed by atoms with van der Waals surface area (Å²) in [5.41, 5.74) is 6.29. The SMILES string of the molecule is CCOc1ccc2c(c1)CC(O)(CN)CN2C(C)=O. The maximum Gasteiger partial charge on any atom is 0.223 e. The summed E-state index contributed by atoms with van der Waals surface area (Å²) in [7, 11) is 0. The zero-order chi connectivity index (χ0) is 14.0. The molecule has 1 heterocycles. The Labute approximate surface area is 113 Å². The molecule has 0 spiro atoms. The van der Waals surface area contributed by atoms with Crippen LogP contribution in [0.15, 0.2) is 18.2 Å². The number of hydrogen-bond acceptors (Lipinski definition) is 4. The summed E-state index contributed by atoms with van der Waals surface area (Å²) in [5.74, 6) is 0.642. The molecular formula is C14H20N2O3. The summed E-state index contributed by atoms with van der Waals surface area (Å²) < 4.78 is 5.45. The van der Waals surface area contributed by atoms with Crippen LogP contribution < -0.4 is 15.4 Å². The van der Waals surface area contributed by atoms with Crippen LogP contribution in [0.4, 0.5) is 5.69 Å². The number of nitrogens with zero attached hydrogens (tertiary/aromatic N) is 1. The van der Waals surface area contributed by atoms with Gasteiger partial charge >= 0.3 is 0 Å². The van der Waals surface area contributed by atoms with E-state index in [1.54, 1.807) is 4.90 Å². The van der Waals surface area contributed by atoms with Crippen molar-refractivity contribution in [1.82, 2.24) is 0 Å². The van der Waals surface area contributed by atoms with Crippen LogP contribution in [0.25, 0.3) is 0 Å². The number of hydrogen-bond donors (Lipinski definition) is 2. The summed E-state index contributed by atoms with van der Waals surface area (Å²) in [6.45, 7) is 4.34. The molecule has 1 atom stereocenters. The fourth-order valence-electron chi connectivity index (χ4n) is 2.43. The van der Waals surface area contributed by atoms with Crippen LogP contribution in [0.3, 0.4) is 0 Å². The molecule has 1 aromatic carbocycles. The molecule has 1 unspecified atom stereocenters. The Morgan fingerprint density at radius 2 is 2.32 bits per heavy atom. The van der Waals surface area contributed by atoms with Gasteiger partial charge in [-0.1, -0.05) is 0 Å². The van der Waals surface area contributed by atoms with E-state index in [4.69, 9.17) is 10.5 Å². The molecule has 3 N–H and O–H groups in total. The molecule has 5 heteroatoms. The Morgan fingerprint density at radius 1 is 1.58 bits per heavy atom. The van der Waals surface area contributed by atoms with E-state index in [0.29, 0.717) is 13.0 Å². The van der Waals surface area contributed by atoms with E-state index in [0.717, 1.165) is 17.0 Å². The van der Waals surface area contributed by atoms with Gasteiger partial charge in [-0.2, -0.15) is 0 Å². The third kappa shape index (κ3) is 2.72. The van der Waals surface area contributed by atoms with E-state index in [1.165, 1.54) is 6.92 Å². The molecule has 0 aromatic heterocycles. The van der Waals surface area contributed by atoms with Crippen molar-refractivity contribution in [3.63, 3.8) is 0 Å². The Bertz CT molecular complexity index is 490. The van der Waals surface area contributed by atoms with E-state index in [9.17, 15) is 9.90 Å². The number of carbonyl (C=O) groups is 1. The highest BCUT2D eigenvalue weighted by Gasteiger charge is 2.36. The van der Waals surface area contributed by atoms with Crippen LogP contribution in [0.1, 0.15) is 19.4 Å². The molecule has 1 aliphatic heterocycles. The van der Waals surface area contributed by atoms with Crippen LogP contribution in [-0.2, 0) is 11.2 Å². The van der Waals surface area contributed by atoms with E-state index < -0.39 is 5.60 Å². The maximum absolute atomic E-state index is 11.7. The summed E-state index contributed by atoms with van der Waals surface area (Å²) in [4.78, 5) is 13.3. The van der Waals surface area contributed by atoms with Gasteiger partial charge in [0.05, 0.1) is 18.8 Å². The summed E-state index contributed by atoms with van der Waals surface area (Å²) >= 11 is 0. The molecule has 19 heavy (non-hydrogen) atoms. The maximum atomic E-state index is 11.7. The topological polar surface area (TPSA) is 75.8 Å². The summed E-state index contributed by atoms with van der Waals surface area (Å²) in [6.07, 6.45) is 0.434. The lowest BCUT2D eigenvalue weighted by Crippen LogP contribution is -2.54. The van der Waals surface area contributed by atoms with E-state index in [1.807, 2.05) is 25.1 Å². The van der Waals surface area contributed by atoms with Crippen LogP contribution in [0.2, 0.25) is 0 Å². The number of anilines is 1. The molecule has 0 saturated heterocycles. The predicted molar refractivity (Wildman–Crippen MR) is 73.3 cm³/mol. The molecule has 5 nitrogen and oxygen atoms in total. The van der Waals surface area contributed by atoms with Gasteiger partial charge in [0.2, 0.25) is 5.91 Å². The molecular weight excluding hydrogens is 244 g/mol. The Morgan fingerprint density at radius 3 is 2.89 bits per heavy atom. The second-order valence-electron chi connectivity index (χ2n) is 4.93. The zero-order valence-electron chi connectivity index (χ0n) is 11.3. The first-order chi connectivity index (χ1) is 8.99. The van der Waals surface area contributed by atoms with Crippen molar-refractivity contribution < 1.29 is 14.6 Å². The van der Waals surface area contributed by atoms with Gasteiger partial charge in [-0.15, -0.1) is 0 Å². The van der Waals surface area contributed by atoms with E-state index in [2.05, 4.69) is 0 Å². The summed E-state index contributed by atoms with van der Waals surface area (Å²) in [5, 5.41) is 10.4. The predicted octanol–water partition coefficient (Wildman–Crippen LogP) is 0.684. The number of β-amino-alcohol motifs (C(OH)–C–C–N with tert-alkyl or cyclic N) is 1. The lowest BCUT2D eigenvalue weighted by atomic mass is 9.88. The van der Waals surface area contributed by atoms with Gasteiger partial charge in [0.1, 0.15) is 5.75 Å². The van der Waals surface area contributed by atoms with Crippen molar-refractivity contribution in [3.8, 4) is 5.75 Å². The van der Waals surface area contributed by atoms with E-state index >= 15 is 0 Å². The molecule has 1 aliphatic rings. The zero-order valence-corrected chi connectivity index (χ0v) is 11.3. The van der Waals surface area contributed by atoms with Gasteiger partial charge in [0.15, 0.2) is 0 Å². The average molecular weight is 264 g/mol. The molecule has 1 aromatic rings. The largest absolute Gasteiger partial charge is 0.494 e. The van der Waals surface area contributed by atoms with Crippen LogP contribution >= 0.6 is 0 Å². The summed E-state index contributed by atoms with van der Waals surface area (Å²) in [6, 6.07) is 5.57. The van der Waals surface area contributed by atoms with Crippen molar-refractivity contribution in [3.05, 3.63) is 23.8 Å². The lowest BCUT2D eigenvalue weighted by Gasteiger charge is -2.39. The minimum absolute atomic E-state index is 0.100. The number of amides is 1. The molecule has 0 radical (unpaired) electrons. The fourth-order valence-corrected chi connectivity index (χ4v) is 2.43. The van der Waals surface area contributed by atoms with Crippen molar-refractivity contribution in [2.45, 2.75) is 25.9 Å². The number of nitrogens with two attached hydrogens (primary N) is 1.